The van der Waals surface area contributed by atoms with Gasteiger partial charge in [-0.05, 0) is 26.7 Å². The summed E-state index contributed by atoms with van der Waals surface area (Å²) in [4.78, 5) is 6.76. The summed E-state index contributed by atoms with van der Waals surface area (Å²) >= 11 is 0. The maximum absolute atomic E-state index is 5.45. The molecule has 0 unspecified atom stereocenters. The van der Waals surface area contributed by atoms with Crippen molar-refractivity contribution in [2.45, 2.75) is 32.2 Å². The van der Waals surface area contributed by atoms with E-state index in [1.807, 2.05) is 7.05 Å². The number of hydrogen-bond acceptors (Lipinski definition) is 5. The van der Waals surface area contributed by atoms with Crippen molar-refractivity contribution in [3.8, 4) is 0 Å². The fraction of sp³-hybridized carbons (Fsp3) is 0.941. The van der Waals surface area contributed by atoms with E-state index in [0.717, 1.165) is 64.8 Å². The Kier molecular flexibility index (Phi) is 11.0. The third-order valence-electron chi connectivity index (χ3n) is 4.22. The molecule has 1 saturated heterocycles. The minimum atomic E-state index is 0.0799. The summed E-state index contributed by atoms with van der Waals surface area (Å²) in [5, 5.41) is 6.80. The molecule has 7 heteroatoms. The van der Waals surface area contributed by atoms with Gasteiger partial charge in [0.05, 0.1) is 26.4 Å². The largest absolute Gasteiger partial charge is 0.382 e. The third-order valence-corrected chi connectivity index (χ3v) is 4.22. The number of morpholine rings is 1. The summed E-state index contributed by atoms with van der Waals surface area (Å²) in [6, 6.07) is 0. The molecule has 2 N–H and O–H groups in total. The molecule has 142 valence electrons. The van der Waals surface area contributed by atoms with Crippen LogP contribution in [0.5, 0.6) is 0 Å². The maximum Gasteiger partial charge on any atom is 0.191 e. The summed E-state index contributed by atoms with van der Waals surface area (Å²) in [5.41, 5.74) is 0.0799. The molecular weight excluding hydrogens is 308 g/mol. The van der Waals surface area contributed by atoms with E-state index in [2.05, 4.69) is 34.4 Å². The van der Waals surface area contributed by atoms with Gasteiger partial charge in [0.15, 0.2) is 5.96 Å². The Balaban J connectivity index is 2.13. The van der Waals surface area contributed by atoms with Gasteiger partial charge in [0.2, 0.25) is 0 Å². The number of nitrogens with one attached hydrogen (secondary N) is 2. The molecule has 0 aliphatic carbocycles. The van der Waals surface area contributed by atoms with E-state index in [0.29, 0.717) is 13.2 Å². The number of nitrogens with zero attached hydrogens (tertiary/aromatic N) is 2. The Hall–Kier alpha value is -0.890. The molecule has 0 aromatic heterocycles. The van der Waals surface area contributed by atoms with Gasteiger partial charge in [-0.3, -0.25) is 9.89 Å². The standard InChI is InChI=1S/C17H36N4O3/c1-17(2,21-8-11-24-12-9-21)15-20-16(18-3)19-7-5-6-10-23-14-13-22-4/h5-15H2,1-4H3,(H2,18,19,20). The van der Waals surface area contributed by atoms with Gasteiger partial charge >= 0.3 is 0 Å². The predicted molar refractivity (Wildman–Crippen MR) is 97.8 cm³/mol. The van der Waals surface area contributed by atoms with Crippen molar-refractivity contribution in [2.24, 2.45) is 4.99 Å². The van der Waals surface area contributed by atoms with Gasteiger partial charge in [0, 0.05) is 52.5 Å². The highest BCUT2D eigenvalue weighted by Gasteiger charge is 2.28. The number of unbranched alkanes of at least 4 members (excludes halogenated alkanes) is 1. The van der Waals surface area contributed by atoms with Crippen molar-refractivity contribution in [3.63, 3.8) is 0 Å². The van der Waals surface area contributed by atoms with Crippen molar-refractivity contribution in [1.29, 1.82) is 0 Å². The fourth-order valence-electron chi connectivity index (χ4n) is 2.58. The molecule has 7 nitrogen and oxygen atoms in total. The van der Waals surface area contributed by atoms with Gasteiger partial charge < -0.3 is 24.8 Å². The quantitative estimate of drug-likeness (QED) is 0.327. The van der Waals surface area contributed by atoms with Crippen LogP contribution < -0.4 is 10.6 Å². The van der Waals surface area contributed by atoms with Gasteiger partial charge in [-0.25, -0.2) is 0 Å². The Labute approximate surface area is 147 Å². The molecule has 1 aliphatic heterocycles. The van der Waals surface area contributed by atoms with Crippen LogP contribution in [0.15, 0.2) is 4.99 Å². The second kappa shape index (κ2) is 12.5. The van der Waals surface area contributed by atoms with E-state index in [9.17, 15) is 0 Å². The molecule has 24 heavy (non-hydrogen) atoms. The molecule has 0 bridgehead atoms. The van der Waals surface area contributed by atoms with Crippen LogP contribution in [0.4, 0.5) is 0 Å². The Bertz CT molecular complexity index is 345. The molecular formula is C17H36N4O3. The zero-order chi connectivity index (χ0) is 17.7. The molecule has 0 aromatic rings. The molecule has 0 spiro atoms. The van der Waals surface area contributed by atoms with E-state index < -0.39 is 0 Å². The highest BCUT2D eigenvalue weighted by Crippen LogP contribution is 2.14. The average molecular weight is 345 g/mol. The van der Waals surface area contributed by atoms with Crippen molar-refractivity contribution >= 4 is 5.96 Å². The zero-order valence-electron chi connectivity index (χ0n) is 15.9. The lowest BCUT2D eigenvalue weighted by Gasteiger charge is -2.41. The number of aliphatic imine (C=N–C) groups is 1. The van der Waals surface area contributed by atoms with Crippen LogP contribution in [0.3, 0.4) is 0 Å². The molecule has 0 atom stereocenters. The van der Waals surface area contributed by atoms with E-state index in [1.165, 1.54) is 0 Å². The van der Waals surface area contributed by atoms with Crippen molar-refractivity contribution in [3.05, 3.63) is 0 Å². The van der Waals surface area contributed by atoms with Crippen LogP contribution in [-0.4, -0.2) is 89.8 Å². The average Bonchev–Trinajstić information content (AvgIpc) is 2.60. The maximum atomic E-state index is 5.45. The Morgan fingerprint density at radius 1 is 1.12 bits per heavy atom. The first kappa shape index (κ1) is 21.2. The van der Waals surface area contributed by atoms with Crippen LogP contribution >= 0.6 is 0 Å². The Morgan fingerprint density at radius 3 is 2.54 bits per heavy atom. The summed E-state index contributed by atoms with van der Waals surface area (Å²) in [6.07, 6.45) is 2.09. The van der Waals surface area contributed by atoms with Crippen LogP contribution in [0.2, 0.25) is 0 Å². The van der Waals surface area contributed by atoms with Crippen molar-refractivity contribution < 1.29 is 14.2 Å². The molecule has 1 rings (SSSR count). The molecule has 0 amide bonds. The number of rotatable bonds is 11. The summed E-state index contributed by atoms with van der Waals surface area (Å²) in [6.45, 7) is 12.0. The molecule has 0 radical (unpaired) electrons. The number of guanidine groups is 1. The zero-order valence-corrected chi connectivity index (χ0v) is 15.9. The summed E-state index contributed by atoms with van der Waals surface area (Å²) in [5.74, 6) is 0.858. The summed E-state index contributed by atoms with van der Waals surface area (Å²) in [7, 11) is 3.50. The first-order valence-electron chi connectivity index (χ1n) is 8.94. The van der Waals surface area contributed by atoms with Gasteiger partial charge in [-0.1, -0.05) is 0 Å². The molecule has 1 heterocycles. The second-order valence-electron chi connectivity index (χ2n) is 6.58. The second-order valence-corrected chi connectivity index (χ2v) is 6.58. The van der Waals surface area contributed by atoms with Crippen molar-refractivity contribution in [2.75, 3.05) is 73.4 Å². The highest BCUT2D eigenvalue weighted by atomic mass is 16.5. The normalized spacial score (nSPS) is 17.1. The lowest BCUT2D eigenvalue weighted by atomic mass is 10.0. The van der Waals surface area contributed by atoms with E-state index in [-0.39, 0.29) is 5.54 Å². The SMILES string of the molecule is CN=C(NCCCCOCCOC)NCC(C)(C)N1CCOCC1. The first-order chi connectivity index (χ1) is 11.6. The van der Waals surface area contributed by atoms with Crippen LogP contribution in [0, 0.1) is 0 Å². The highest BCUT2D eigenvalue weighted by molar-refractivity contribution is 5.79. The van der Waals surface area contributed by atoms with E-state index in [4.69, 9.17) is 14.2 Å². The fourth-order valence-corrected chi connectivity index (χ4v) is 2.58. The van der Waals surface area contributed by atoms with Gasteiger partial charge in [-0.15, -0.1) is 0 Å². The molecule has 1 aliphatic rings. The number of methoxy groups -OCH3 is 1. The third kappa shape index (κ3) is 8.82. The molecule has 0 aromatic carbocycles. The molecule has 0 saturated carbocycles. The van der Waals surface area contributed by atoms with Crippen molar-refractivity contribution in [1.82, 2.24) is 15.5 Å². The van der Waals surface area contributed by atoms with E-state index in [1.54, 1.807) is 7.11 Å². The van der Waals surface area contributed by atoms with Gasteiger partial charge in [0.1, 0.15) is 0 Å². The lowest BCUT2D eigenvalue weighted by Crippen LogP contribution is -2.56. The smallest absolute Gasteiger partial charge is 0.191 e. The van der Waals surface area contributed by atoms with Gasteiger partial charge in [-0.2, -0.15) is 0 Å². The number of hydrogen-bond donors (Lipinski definition) is 2. The van der Waals surface area contributed by atoms with Gasteiger partial charge in [0.25, 0.3) is 0 Å². The lowest BCUT2D eigenvalue weighted by molar-refractivity contribution is -0.00834. The first-order valence-corrected chi connectivity index (χ1v) is 8.94. The number of ether oxygens (including phenoxy) is 3. The topological polar surface area (TPSA) is 67.4 Å². The Morgan fingerprint density at radius 2 is 1.88 bits per heavy atom. The van der Waals surface area contributed by atoms with E-state index >= 15 is 0 Å². The molecule has 1 fully saturated rings. The minimum absolute atomic E-state index is 0.0799. The van der Waals surface area contributed by atoms with Crippen LogP contribution in [0.25, 0.3) is 0 Å². The van der Waals surface area contributed by atoms with Crippen LogP contribution in [-0.2, 0) is 14.2 Å². The minimum Gasteiger partial charge on any atom is -0.382 e. The van der Waals surface area contributed by atoms with Crippen LogP contribution in [0.1, 0.15) is 26.7 Å². The monoisotopic (exact) mass is 344 g/mol. The summed E-state index contributed by atoms with van der Waals surface area (Å²) < 4.78 is 15.8. The predicted octanol–water partition coefficient (Wildman–Crippen LogP) is 0.705.